The normalized spacial score (nSPS) is 9.58. The maximum absolute atomic E-state index is 10.6. The van der Waals surface area contributed by atoms with Gasteiger partial charge in [-0.2, -0.15) is 0 Å². The van der Waals surface area contributed by atoms with Crippen LogP contribution in [0.3, 0.4) is 0 Å². The van der Waals surface area contributed by atoms with Crippen LogP contribution in [0.5, 0.6) is 0 Å². The second kappa shape index (κ2) is 9.20. The number of carbonyl (C=O) groups is 1. The molecule has 0 aliphatic carbocycles. The fourth-order valence-electron chi connectivity index (χ4n) is 2.08. The van der Waals surface area contributed by atoms with Crippen LogP contribution in [0.1, 0.15) is 19.7 Å². The molecule has 4 heteroatoms. The molecular weight excluding hydrogens is 298 g/mol. The van der Waals surface area contributed by atoms with Crippen LogP contribution < -0.4 is 5.32 Å². The predicted octanol–water partition coefficient (Wildman–Crippen LogP) is 4.35. The molecule has 24 heavy (non-hydrogen) atoms. The highest BCUT2D eigenvalue weighted by atomic mass is 16.1. The molecule has 1 amide bonds. The van der Waals surface area contributed by atoms with Gasteiger partial charge in [0.15, 0.2) is 0 Å². The second-order valence-electron chi connectivity index (χ2n) is 5.12. The molecule has 0 unspecified atom stereocenters. The van der Waals surface area contributed by atoms with Gasteiger partial charge in [-0.3, -0.25) is 4.79 Å². The van der Waals surface area contributed by atoms with E-state index in [-0.39, 0.29) is 5.91 Å². The maximum Gasteiger partial charge on any atom is 0.222 e. The molecule has 1 N–H and O–H groups in total. The van der Waals surface area contributed by atoms with Crippen molar-refractivity contribution in [3.63, 3.8) is 0 Å². The Hall–Kier alpha value is -3.01. The van der Waals surface area contributed by atoms with Crippen LogP contribution in [0.15, 0.2) is 72.9 Å². The highest BCUT2D eigenvalue weighted by Gasteiger charge is 1.97. The summed E-state index contributed by atoms with van der Waals surface area (Å²) < 4.78 is 0. The zero-order chi connectivity index (χ0) is 17.2. The largest absolute Gasteiger partial charge is 0.311 e. The summed E-state index contributed by atoms with van der Waals surface area (Å²) in [4.78, 5) is 18.7. The number of rotatable bonds is 3. The Balaban J connectivity index is 0.000000174. The number of nitrogens with one attached hydrogen (secondary N) is 1. The van der Waals surface area contributed by atoms with Crippen molar-refractivity contribution in [2.45, 2.75) is 20.3 Å². The van der Waals surface area contributed by atoms with E-state index in [1.54, 1.807) is 12.3 Å². The molecular formula is C20H21N3O. The summed E-state index contributed by atoms with van der Waals surface area (Å²) in [6, 6.07) is 22.4. The lowest BCUT2D eigenvalue weighted by molar-refractivity contribution is -0.114. The zero-order valence-electron chi connectivity index (χ0n) is 13.9. The van der Waals surface area contributed by atoms with Gasteiger partial charge in [0.1, 0.15) is 11.6 Å². The van der Waals surface area contributed by atoms with Gasteiger partial charge in [0.05, 0.1) is 0 Å². The number of aromatic nitrogens is 2. The van der Waals surface area contributed by atoms with Crippen LogP contribution in [0.2, 0.25) is 0 Å². The van der Waals surface area contributed by atoms with Crippen LogP contribution in [0, 0.1) is 0 Å². The second-order valence-corrected chi connectivity index (χ2v) is 5.12. The third-order valence-corrected chi connectivity index (χ3v) is 3.21. The summed E-state index contributed by atoms with van der Waals surface area (Å²) in [7, 11) is 0. The lowest BCUT2D eigenvalue weighted by atomic mass is 10.1. The Bertz CT molecular complexity index is 721. The van der Waals surface area contributed by atoms with Gasteiger partial charge in [-0.25, -0.2) is 9.97 Å². The van der Waals surface area contributed by atoms with E-state index < -0.39 is 0 Å². The van der Waals surface area contributed by atoms with Crippen molar-refractivity contribution in [3.05, 3.63) is 78.8 Å². The number of anilines is 1. The van der Waals surface area contributed by atoms with Crippen LogP contribution in [0.25, 0.3) is 11.1 Å². The van der Waals surface area contributed by atoms with Crippen molar-refractivity contribution in [2.24, 2.45) is 0 Å². The summed E-state index contributed by atoms with van der Waals surface area (Å²) >= 11 is 0. The summed E-state index contributed by atoms with van der Waals surface area (Å²) in [5, 5.41) is 2.59. The maximum atomic E-state index is 10.6. The van der Waals surface area contributed by atoms with Crippen molar-refractivity contribution in [3.8, 4) is 11.1 Å². The van der Waals surface area contributed by atoms with E-state index in [9.17, 15) is 4.79 Å². The minimum atomic E-state index is -0.115. The first-order valence-corrected chi connectivity index (χ1v) is 7.89. The van der Waals surface area contributed by atoms with Crippen LogP contribution in [-0.4, -0.2) is 15.9 Å². The monoisotopic (exact) mass is 319 g/mol. The SMILES string of the molecule is CCc1nccc(NC(C)=O)n1.c1ccc(-c2ccccc2)cc1. The first-order valence-electron chi connectivity index (χ1n) is 7.89. The smallest absolute Gasteiger partial charge is 0.222 e. The summed E-state index contributed by atoms with van der Waals surface area (Å²) in [5.74, 6) is 1.19. The van der Waals surface area contributed by atoms with Crippen molar-refractivity contribution >= 4 is 11.7 Å². The summed E-state index contributed by atoms with van der Waals surface area (Å²) in [6.45, 7) is 3.42. The highest BCUT2D eigenvalue weighted by Crippen LogP contribution is 2.17. The van der Waals surface area contributed by atoms with Gasteiger partial charge in [0.2, 0.25) is 5.91 Å². The van der Waals surface area contributed by atoms with E-state index in [1.807, 2.05) is 19.1 Å². The minimum absolute atomic E-state index is 0.115. The van der Waals surface area contributed by atoms with Gasteiger partial charge in [-0.05, 0) is 17.2 Å². The van der Waals surface area contributed by atoms with Crippen LogP contribution in [0.4, 0.5) is 5.82 Å². The average Bonchev–Trinajstić information content (AvgIpc) is 2.63. The van der Waals surface area contributed by atoms with Crippen molar-refractivity contribution in [2.75, 3.05) is 5.32 Å². The Labute approximate surface area is 142 Å². The molecule has 0 fully saturated rings. The van der Waals surface area contributed by atoms with E-state index in [0.29, 0.717) is 5.82 Å². The first-order chi connectivity index (χ1) is 11.7. The molecule has 0 atom stereocenters. The highest BCUT2D eigenvalue weighted by molar-refractivity contribution is 5.87. The Morgan fingerprint density at radius 3 is 1.92 bits per heavy atom. The molecule has 0 saturated heterocycles. The average molecular weight is 319 g/mol. The molecule has 0 aliphatic heterocycles. The summed E-state index contributed by atoms with van der Waals surface area (Å²) in [5.41, 5.74) is 2.55. The number of benzene rings is 2. The fourth-order valence-corrected chi connectivity index (χ4v) is 2.08. The fraction of sp³-hybridized carbons (Fsp3) is 0.150. The molecule has 3 aromatic rings. The molecule has 2 aromatic carbocycles. The Morgan fingerprint density at radius 2 is 1.46 bits per heavy atom. The van der Waals surface area contributed by atoms with E-state index >= 15 is 0 Å². The Kier molecular flexibility index (Phi) is 6.65. The van der Waals surface area contributed by atoms with Gasteiger partial charge < -0.3 is 5.32 Å². The molecule has 3 rings (SSSR count). The van der Waals surface area contributed by atoms with E-state index in [4.69, 9.17) is 0 Å². The van der Waals surface area contributed by atoms with Crippen molar-refractivity contribution < 1.29 is 4.79 Å². The van der Waals surface area contributed by atoms with Crippen molar-refractivity contribution in [1.82, 2.24) is 9.97 Å². The predicted molar refractivity (Wildman–Crippen MR) is 97.6 cm³/mol. The first kappa shape index (κ1) is 17.3. The number of amides is 1. The standard InChI is InChI=1S/C12H10.C8H11N3O/c1-3-7-11(8-4-1)12-9-5-2-6-10-12;1-3-7-9-5-4-8(11-7)10-6(2)12/h1-10H;4-5H,3H2,1-2H3,(H,9,10,11,12). The topological polar surface area (TPSA) is 54.9 Å². The van der Waals surface area contributed by atoms with Gasteiger partial charge in [0, 0.05) is 19.5 Å². The zero-order valence-corrected chi connectivity index (χ0v) is 13.9. The molecule has 0 radical (unpaired) electrons. The third-order valence-electron chi connectivity index (χ3n) is 3.21. The van der Waals surface area contributed by atoms with Crippen LogP contribution >= 0.6 is 0 Å². The lowest BCUT2D eigenvalue weighted by Gasteiger charge is -2.00. The third kappa shape index (κ3) is 5.65. The number of hydrogen-bond donors (Lipinski definition) is 1. The molecule has 0 bridgehead atoms. The molecule has 0 saturated carbocycles. The van der Waals surface area contributed by atoms with Gasteiger partial charge in [0.25, 0.3) is 0 Å². The van der Waals surface area contributed by atoms with Gasteiger partial charge >= 0.3 is 0 Å². The summed E-state index contributed by atoms with van der Waals surface area (Å²) in [6.07, 6.45) is 2.41. The van der Waals surface area contributed by atoms with Crippen LogP contribution in [-0.2, 0) is 11.2 Å². The molecule has 0 aliphatic rings. The number of hydrogen-bond acceptors (Lipinski definition) is 3. The Morgan fingerprint density at radius 1 is 0.917 bits per heavy atom. The molecule has 1 aromatic heterocycles. The van der Waals surface area contributed by atoms with Gasteiger partial charge in [-0.15, -0.1) is 0 Å². The number of carbonyl (C=O) groups excluding carboxylic acids is 1. The molecule has 4 nitrogen and oxygen atoms in total. The lowest BCUT2D eigenvalue weighted by Crippen LogP contribution is -2.08. The van der Waals surface area contributed by atoms with Crippen molar-refractivity contribution in [1.29, 1.82) is 0 Å². The molecule has 0 spiro atoms. The number of nitrogens with zero attached hydrogens (tertiary/aromatic N) is 2. The van der Waals surface area contributed by atoms with Gasteiger partial charge in [-0.1, -0.05) is 67.6 Å². The minimum Gasteiger partial charge on any atom is -0.311 e. The van der Waals surface area contributed by atoms with E-state index in [1.165, 1.54) is 18.1 Å². The quantitative estimate of drug-likeness (QED) is 0.781. The number of aryl methyl sites for hydroxylation is 1. The molecule has 1 heterocycles. The van der Waals surface area contributed by atoms with E-state index in [0.717, 1.165) is 12.2 Å². The molecule has 122 valence electrons. The van der Waals surface area contributed by atoms with E-state index in [2.05, 4.69) is 63.8 Å².